The molecule has 1 aliphatic rings. The number of morpholine rings is 1. The molecule has 1 fully saturated rings. The zero-order chi connectivity index (χ0) is 12.1. The monoisotopic (exact) mass is 255 g/mol. The molecule has 0 saturated carbocycles. The van der Waals surface area contributed by atoms with Gasteiger partial charge in [-0.25, -0.2) is 0 Å². The molecule has 0 bridgehead atoms. The molecular formula is C12H18ClN3O. The van der Waals surface area contributed by atoms with Gasteiger partial charge >= 0.3 is 0 Å². The quantitative estimate of drug-likeness (QED) is 0.886. The van der Waals surface area contributed by atoms with Crippen LogP contribution in [0.4, 0.5) is 5.69 Å². The van der Waals surface area contributed by atoms with Crippen molar-refractivity contribution in [2.24, 2.45) is 0 Å². The van der Waals surface area contributed by atoms with Crippen LogP contribution in [0.2, 0.25) is 5.02 Å². The average Bonchev–Trinajstić information content (AvgIpc) is 2.37. The summed E-state index contributed by atoms with van der Waals surface area (Å²) in [5, 5.41) is 4.06. The van der Waals surface area contributed by atoms with Crippen molar-refractivity contribution in [1.29, 1.82) is 0 Å². The molecule has 2 heterocycles. The number of nitrogens with zero attached hydrogens (tertiary/aromatic N) is 2. The first kappa shape index (κ1) is 12.6. The number of halogens is 1. The van der Waals surface area contributed by atoms with Crippen LogP contribution in [-0.2, 0) is 4.74 Å². The summed E-state index contributed by atoms with van der Waals surface area (Å²) in [5.41, 5.74) is 1.05. The van der Waals surface area contributed by atoms with E-state index in [2.05, 4.69) is 22.1 Å². The molecule has 1 atom stereocenters. The predicted molar refractivity (Wildman–Crippen MR) is 69.7 cm³/mol. The molecule has 0 aromatic carbocycles. The van der Waals surface area contributed by atoms with Gasteiger partial charge in [-0.15, -0.1) is 0 Å². The number of rotatable bonds is 4. The Morgan fingerprint density at radius 3 is 3.29 bits per heavy atom. The molecule has 1 aliphatic heterocycles. The van der Waals surface area contributed by atoms with Gasteiger partial charge in [0.1, 0.15) is 0 Å². The minimum Gasteiger partial charge on any atom is -0.377 e. The van der Waals surface area contributed by atoms with Crippen LogP contribution in [0.5, 0.6) is 0 Å². The van der Waals surface area contributed by atoms with Crippen LogP contribution in [0.1, 0.15) is 6.92 Å². The lowest BCUT2D eigenvalue weighted by molar-refractivity contribution is 0.0939. The fourth-order valence-electron chi connectivity index (χ4n) is 2.05. The molecule has 1 saturated heterocycles. The van der Waals surface area contributed by atoms with Gasteiger partial charge in [0.05, 0.1) is 30.0 Å². The number of anilines is 1. The summed E-state index contributed by atoms with van der Waals surface area (Å²) in [4.78, 5) is 6.32. The molecule has 4 nitrogen and oxygen atoms in total. The number of hydrogen-bond acceptors (Lipinski definition) is 4. The third kappa shape index (κ3) is 3.09. The standard InChI is InChI=1S/C12H18ClN3O/c1-2-14-7-10-9-17-6-5-16(10)12-3-4-15-8-11(12)13/h3-4,8,10,14H,2,5-7,9H2,1H3. The Labute approximate surface area is 107 Å². The Balaban J connectivity index is 2.13. The van der Waals surface area contributed by atoms with Crippen molar-refractivity contribution in [2.45, 2.75) is 13.0 Å². The van der Waals surface area contributed by atoms with Crippen molar-refractivity contribution in [3.8, 4) is 0 Å². The molecule has 0 aliphatic carbocycles. The van der Waals surface area contributed by atoms with Gasteiger partial charge in [0.2, 0.25) is 0 Å². The Hall–Kier alpha value is -0.840. The number of likely N-dealkylation sites (N-methyl/N-ethyl adjacent to an activating group) is 1. The van der Waals surface area contributed by atoms with Crippen LogP contribution in [0.25, 0.3) is 0 Å². The van der Waals surface area contributed by atoms with Gasteiger partial charge in [0.15, 0.2) is 0 Å². The normalized spacial score (nSPS) is 20.6. The SMILES string of the molecule is CCNCC1COCCN1c1ccncc1Cl. The zero-order valence-electron chi connectivity index (χ0n) is 10.0. The fraction of sp³-hybridized carbons (Fsp3) is 0.583. The molecule has 2 rings (SSSR count). The minimum absolute atomic E-state index is 0.337. The van der Waals surface area contributed by atoms with E-state index in [1.54, 1.807) is 12.4 Å². The second-order valence-corrected chi connectivity index (χ2v) is 4.46. The number of nitrogens with one attached hydrogen (secondary N) is 1. The van der Waals surface area contributed by atoms with Gasteiger partial charge in [-0.3, -0.25) is 4.98 Å². The zero-order valence-corrected chi connectivity index (χ0v) is 10.8. The van der Waals surface area contributed by atoms with Crippen LogP contribution in [0, 0.1) is 0 Å². The van der Waals surface area contributed by atoms with Crippen molar-refractivity contribution >= 4 is 17.3 Å². The molecule has 1 unspecified atom stereocenters. The van der Waals surface area contributed by atoms with E-state index in [9.17, 15) is 0 Å². The van der Waals surface area contributed by atoms with E-state index in [1.807, 2.05) is 6.07 Å². The van der Waals surface area contributed by atoms with Crippen molar-refractivity contribution in [3.05, 3.63) is 23.5 Å². The van der Waals surface area contributed by atoms with Crippen molar-refractivity contribution in [3.63, 3.8) is 0 Å². The summed E-state index contributed by atoms with van der Waals surface area (Å²) >= 11 is 6.19. The Kier molecular flexibility index (Phi) is 4.59. The highest BCUT2D eigenvalue weighted by Gasteiger charge is 2.24. The van der Waals surface area contributed by atoms with Crippen molar-refractivity contribution in [1.82, 2.24) is 10.3 Å². The molecule has 5 heteroatoms. The van der Waals surface area contributed by atoms with Crippen molar-refractivity contribution in [2.75, 3.05) is 37.7 Å². The first-order chi connectivity index (χ1) is 8.33. The van der Waals surface area contributed by atoms with Gasteiger partial charge in [0.25, 0.3) is 0 Å². The van der Waals surface area contributed by atoms with E-state index in [0.717, 1.165) is 38.5 Å². The summed E-state index contributed by atoms with van der Waals surface area (Å²) < 4.78 is 5.53. The number of aromatic nitrogens is 1. The van der Waals surface area contributed by atoms with Gasteiger partial charge in [0, 0.05) is 25.5 Å². The summed E-state index contributed by atoms with van der Waals surface area (Å²) in [6.07, 6.45) is 3.47. The molecule has 0 amide bonds. The molecule has 1 aromatic rings. The molecule has 0 spiro atoms. The fourth-order valence-corrected chi connectivity index (χ4v) is 2.28. The molecule has 0 radical (unpaired) electrons. The number of ether oxygens (including phenoxy) is 1. The molecule has 94 valence electrons. The summed E-state index contributed by atoms with van der Waals surface area (Å²) in [5.74, 6) is 0. The van der Waals surface area contributed by atoms with Crippen LogP contribution >= 0.6 is 11.6 Å². The third-order valence-electron chi connectivity index (χ3n) is 2.92. The highest BCUT2D eigenvalue weighted by Crippen LogP contribution is 2.27. The third-order valence-corrected chi connectivity index (χ3v) is 3.21. The van der Waals surface area contributed by atoms with E-state index in [-0.39, 0.29) is 0 Å². The highest BCUT2D eigenvalue weighted by atomic mass is 35.5. The van der Waals surface area contributed by atoms with Crippen LogP contribution < -0.4 is 10.2 Å². The van der Waals surface area contributed by atoms with E-state index in [4.69, 9.17) is 16.3 Å². The highest BCUT2D eigenvalue weighted by molar-refractivity contribution is 6.33. The van der Waals surface area contributed by atoms with Crippen LogP contribution in [0.3, 0.4) is 0 Å². The van der Waals surface area contributed by atoms with E-state index >= 15 is 0 Å². The van der Waals surface area contributed by atoms with E-state index < -0.39 is 0 Å². The lowest BCUT2D eigenvalue weighted by Crippen LogP contribution is -2.50. The maximum absolute atomic E-state index is 6.19. The van der Waals surface area contributed by atoms with Crippen molar-refractivity contribution < 1.29 is 4.74 Å². The maximum atomic E-state index is 6.19. The lowest BCUT2D eigenvalue weighted by atomic mass is 10.2. The Morgan fingerprint density at radius 2 is 2.53 bits per heavy atom. The summed E-state index contributed by atoms with van der Waals surface area (Å²) in [6, 6.07) is 2.30. The average molecular weight is 256 g/mol. The molecular weight excluding hydrogens is 238 g/mol. The predicted octanol–water partition coefficient (Wildman–Crippen LogP) is 1.55. The molecule has 17 heavy (non-hydrogen) atoms. The van der Waals surface area contributed by atoms with Gasteiger partial charge < -0.3 is 15.0 Å². The van der Waals surface area contributed by atoms with E-state index in [0.29, 0.717) is 11.1 Å². The van der Waals surface area contributed by atoms with Gasteiger partial charge in [-0.2, -0.15) is 0 Å². The van der Waals surface area contributed by atoms with Crippen LogP contribution in [0.15, 0.2) is 18.5 Å². The number of hydrogen-bond donors (Lipinski definition) is 1. The maximum Gasteiger partial charge on any atom is 0.0822 e. The largest absolute Gasteiger partial charge is 0.377 e. The smallest absolute Gasteiger partial charge is 0.0822 e. The Morgan fingerprint density at radius 1 is 1.65 bits per heavy atom. The first-order valence-electron chi connectivity index (χ1n) is 5.97. The van der Waals surface area contributed by atoms with Crippen LogP contribution in [-0.4, -0.2) is 43.9 Å². The van der Waals surface area contributed by atoms with E-state index in [1.165, 1.54) is 0 Å². The van der Waals surface area contributed by atoms with Gasteiger partial charge in [-0.05, 0) is 12.6 Å². The Bertz CT molecular complexity index is 361. The summed E-state index contributed by atoms with van der Waals surface area (Å²) in [6.45, 7) is 6.35. The molecule has 1 aromatic heterocycles. The molecule has 1 N–H and O–H groups in total. The second kappa shape index (κ2) is 6.19. The number of pyridine rings is 1. The summed E-state index contributed by atoms with van der Waals surface area (Å²) in [7, 11) is 0. The topological polar surface area (TPSA) is 37.4 Å². The lowest BCUT2D eigenvalue weighted by Gasteiger charge is -2.37. The first-order valence-corrected chi connectivity index (χ1v) is 6.35. The minimum atomic E-state index is 0.337. The second-order valence-electron chi connectivity index (χ2n) is 4.06. The van der Waals surface area contributed by atoms with Gasteiger partial charge in [-0.1, -0.05) is 18.5 Å².